The molecule has 0 aliphatic rings. The SMILES string of the molecule is C#CCc1c(C)cc(C)cc1N.NC(=O)O. The summed E-state index contributed by atoms with van der Waals surface area (Å²) in [6, 6.07) is 4.06. The van der Waals surface area contributed by atoms with Gasteiger partial charge in [-0.05, 0) is 36.6 Å². The maximum atomic E-state index is 8.78. The van der Waals surface area contributed by atoms with Gasteiger partial charge in [0.15, 0.2) is 0 Å². The lowest BCUT2D eigenvalue weighted by molar-refractivity contribution is 0.205. The monoisotopic (exact) mass is 220 g/mol. The Kier molecular flexibility index (Phi) is 5.50. The lowest BCUT2D eigenvalue weighted by Gasteiger charge is -2.07. The first-order valence-electron chi connectivity index (χ1n) is 4.66. The standard InChI is InChI=1S/C11H13N.CH3NO2/c1-4-5-10-9(3)6-8(2)7-11(10)12;2-1(3)4/h1,6-7H,5,12H2,2-3H3;2H2,(H,3,4). The van der Waals surface area contributed by atoms with Gasteiger partial charge >= 0.3 is 6.09 Å². The first-order valence-corrected chi connectivity index (χ1v) is 4.66. The van der Waals surface area contributed by atoms with Gasteiger partial charge in [-0.25, -0.2) is 4.79 Å². The third-order valence-corrected chi connectivity index (χ3v) is 1.93. The van der Waals surface area contributed by atoms with Crippen LogP contribution >= 0.6 is 0 Å². The van der Waals surface area contributed by atoms with Crippen LogP contribution in [0.1, 0.15) is 16.7 Å². The number of hydrogen-bond acceptors (Lipinski definition) is 2. The molecule has 0 radical (unpaired) electrons. The van der Waals surface area contributed by atoms with E-state index in [9.17, 15) is 0 Å². The molecule has 0 spiro atoms. The summed E-state index contributed by atoms with van der Waals surface area (Å²) in [6.07, 6.45) is 4.52. The van der Waals surface area contributed by atoms with Crippen LogP contribution in [0.4, 0.5) is 10.5 Å². The molecule has 0 saturated heterocycles. The minimum absolute atomic E-state index is 0.623. The molecule has 0 fully saturated rings. The zero-order valence-electron chi connectivity index (χ0n) is 9.45. The van der Waals surface area contributed by atoms with Gasteiger partial charge in [0.1, 0.15) is 0 Å². The van der Waals surface area contributed by atoms with Crippen molar-refractivity contribution in [3.63, 3.8) is 0 Å². The summed E-state index contributed by atoms with van der Waals surface area (Å²) < 4.78 is 0. The van der Waals surface area contributed by atoms with Crippen LogP contribution in [0.5, 0.6) is 0 Å². The Morgan fingerprint density at radius 1 is 1.50 bits per heavy atom. The Bertz CT molecular complexity index is 393. The van der Waals surface area contributed by atoms with Gasteiger partial charge in [-0.3, -0.25) is 0 Å². The van der Waals surface area contributed by atoms with E-state index in [1.54, 1.807) is 0 Å². The van der Waals surface area contributed by atoms with Crippen LogP contribution in [0.15, 0.2) is 12.1 Å². The maximum Gasteiger partial charge on any atom is 0.402 e. The minimum atomic E-state index is -1.33. The Hall–Kier alpha value is -2.15. The van der Waals surface area contributed by atoms with Crippen molar-refractivity contribution in [3.8, 4) is 12.3 Å². The molecule has 1 amide bonds. The molecule has 4 nitrogen and oxygen atoms in total. The van der Waals surface area contributed by atoms with E-state index >= 15 is 0 Å². The molecule has 0 atom stereocenters. The Balaban J connectivity index is 0.000000487. The van der Waals surface area contributed by atoms with Gasteiger partial charge in [-0.2, -0.15) is 0 Å². The van der Waals surface area contributed by atoms with Crippen molar-refractivity contribution >= 4 is 11.8 Å². The zero-order valence-corrected chi connectivity index (χ0v) is 9.45. The molecule has 1 aromatic carbocycles. The molecule has 0 bridgehead atoms. The summed E-state index contributed by atoms with van der Waals surface area (Å²) in [5.41, 5.74) is 14.1. The number of carbonyl (C=O) groups is 1. The van der Waals surface area contributed by atoms with Crippen molar-refractivity contribution in [1.82, 2.24) is 0 Å². The van der Waals surface area contributed by atoms with Gasteiger partial charge in [0.2, 0.25) is 0 Å². The van der Waals surface area contributed by atoms with E-state index in [-0.39, 0.29) is 0 Å². The van der Waals surface area contributed by atoms with Gasteiger partial charge in [0.25, 0.3) is 0 Å². The quantitative estimate of drug-likeness (QED) is 0.497. The van der Waals surface area contributed by atoms with Crippen LogP contribution in [0.2, 0.25) is 0 Å². The van der Waals surface area contributed by atoms with Gasteiger partial charge in [-0.1, -0.05) is 6.07 Å². The number of hydrogen-bond donors (Lipinski definition) is 3. The van der Waals surface area contributed by atoms with E-state index in [1.165, 1.54) is 11.1 Å². The number of rotatable bonds is 1. The molecule has 1 aromatic rings. The number of primary amides is 1. The summed E-state index contributed by atoms with van der Waals surface area (Å²) in [4.78, 5) is 8.78. The third-order valence-electron chi connectivity index (χ3n) is 1.93. The van der Waals surface area contributed by atoms with Crippen molar-refractivity contribution < 1.29 is 9.90 Å². The topological polar surface area (TPSA) is 89.3 Å². The van der Waals surface area contributed by atoms with Gasteiger partial charge < -0.3 is 16.6 Å². The number of carboxylic acid groups (broad SMARTS) is 1. The fourth-order valence-corrected chi connectivity index (χ4v) is 1.37. The van der Waals surface area contributed by atoms with Crippen LogP contribution in [-0.4, -0.2) is 11.2 Å². The second-order valence-corrected chi connectivity index (χ2v) is 3.37. The largest absolute Gasteiger partial charge is 0.465 e. The molecular formula is C12H16N2O2. The lowest BCUT2D eigenvalue weighted by Crippen LogP contribution is -2.03. The summed E-state index contributed by atoms with van der Waals surface area (Å²) in [6.45, 7) is 4.07. The van der Waals surface area contributed by atoms with Crippen LogP contribution in [0.3, 0.4) is 0 Å². The second-order valence-electron chi connectivity index (χ2n) is 3.37. The van der Waals surface area contributed by atoms with Crippen molar-refractivity contribution in [2.24, 2.45) is 5.73 Å². The molecule has 16 heavy (non-hydrogen) atoms. The molecule has 0 aliphatic heterocycles. The second kappa shape index (κ2) is 6.36. The highest BCUT2D eigenvalue weighted by Crippen LogP contribution is 2.19. The van der Waals surface area contributed by atoms with Crippen molar-refractivity contribution in [3.05, 3.63) is 28.8 Å². The number of aryl methyl sites for hydroxylation is 2. The molecule has 0 heterocycles. The number of anilines is 1. The first-order chi connectivity index (χ1) is 7.38. The summed E-state index contributed by atoms with van der Waals surface area (Å²) >= 11 is 0. The molecule has 1 rings (SSSR count). The predicted octanol–water partition coefficient (Wildman–Crippen LogP) is 1.68. The Labute approximate surface area is 95.3 Å². The molecule has 86 valence electrons. The van der Waals surface area contributed by atoms with E-state index in [2.05, 4.69) is 17.7 Å². The van der Waals surface area contributed by atoms with Gasteiger partial charge in [-0.15, -0.1) is 12.3 Å². The average molecular weight is 220 g/mol. The van der Waals surface area contributed by atoms with Crippen molar-refractivity contribution in [2.45, 2.75) is 20.3 Å². The molecule has 0 aromatic heterocycles. The highest BCUT2D eigenvalue weighted by Gasteiger charge is 2.01. The molecular weight excluding hydrogens is 204 g/mol. The van der Waals surface area contributed by atoms with E-state index in [0.29, 0.717) is 6.42 Å². The van der Waals surface area contributed by atoms with Crippen molar-refractivity contribution in [1.29, 1.82) is 0 Å². The molecule has 4 heteroatoms. The maximum absolute atomic E-state index is 8.78. The normalized spacial score (nSPS) is 8.56. The fraction of sp³-hybridized carbons (Fsp3) is 0.250. The lowest BCUT2D eigenvalue weighted by atomic mass is 10.0. The number of nitrogens with two attached hydrogens (primary N) is 2. The molecule has 0 aliphatic carbocycles. The van der Waals surface area contributed by atoms with Gasteiger partial charge in [0, 0.05) is 12.1 Å². The zero-order chi connectivity index (χ0) is 12.7. The van der Waals surface area contributed by atoms with Crippen LogP contribution in [-0.2, 0) is 6.42 Å². The Morgan fingerprint density at radius 3 is 2.38 bits per heavy atom. The number of terminal acetylenes is 1. The summed E-state index contributed by atoms with van der Waals surface area (Å²) in [5, 5.41) is 7.19. The summed E-state index contributed by atoms with van der Waals surface area (Å²) in [5.74, 6) is 2.61. The highest BCUT2D eigenvalue weighted by molar-refractivity contribution is 5.61. The minimum Gasteiger partial charge on any atom is -0.465 e. The fourth-order valence-electron chi connectivity index (χ4n) is 1.37. The van der Waals surface area contributed by atoms with E-state index in [0.717, 1.165) is 11.3 Å². The van der Waals surface area contributed by atoms with Crippen LogP contribution < -0.4 is 11.5 Å². The average Bonchev–Trinajstić information content (AvgIpc) is 2.10. The number of benzene rings is 1. The predicted molar refractivity (Wildman–Crippen MR) is 65.1 cm³/mol. The van der Waals surface area contributed by atoms with E-state index in [1.807, 2.05) is 19.9 Å². The van der Waals surface area contributed by atoms with E-state index in [4.69, 9.17) is 22.1 Å². The Morgan fingerprint density at radius 2 is 2.00 bits per heavy atom. The third kappa shape index (κ3) is 4.91. The molecule has 0 unspecified atom stereocenters. The number of amides is 1. The van der Waals surface area contributed by atoms with Crippen molar-refractivity contribution in [2.75, 3.05) is 5.73 Å². The number of nitrogen functional groups attached to an aromatic ring is 1. The van der Waals surface area contributed by atoms with Crippen LogP contribution in [0.25, 0.3) is 0 Å². The van der Waals surface area contributed by atoms with E-state index < -0.39 is 6.09 Å². The van der Waals surface area contributed by atoms with Crippen LogP contribution in [0, 0.1) is 26.2 Å². The first kappa shape index (κ1) is 13.8. The highest BCUT2D eigenvalue weighted by atomic mass is 16.4. The summed E-state index contributed by atoms with van der Waals surface area (Å²) in [7, 11) is 0. The molecule has 0 saturated carbocycles. The van der Waals surface area contributed by atoms with Gasteiger partial charge in [0.05, 0.1) is 0 Å². The smallest absolute Gasteiger partial charge is 0.402 e. The molecule has 5 N–H and O–H groups in total.